The number of aryl methyl sites for hydroxylation is 3. The molecule has 3 aromatic rings. The van der Waals surface area contributed by atoms with Crippen LogP contribution in [0, 0.1) is 20.8 Å². The molecule has 24 heavy (non-hydrogen) atoms. The number of benzene rings is 1. The van der Waals surface area contributed by atoms with Gasteiger partial charge in [-0.2, -0.15) is 5.10 Å². The third kappa shape index (κ3) is 3.08. The van der Waals surface area contributed by atoms with Gasteiger partial charge in [0.2, 0.25) is 0 Å². The van der Waals surface area contributed by atoms with E-state index < -0.39 is 0 Å². The van der Waals surface area contributed by atoms with E-state index in [-0.39, 0.29) is 12.5 Å². The van der Waals surface area contributed by atoms with Gasteiger partial charge in [-0.15, -0.1) is 0 Å². The molecule has 0 unspecified atom stereocenters. The summed E-state index contributed by atoms with van der Waals surface area (Å²) in [5, 5.41) is 8.05. The second-order valence-electron chi connectivity index (χ2n) is 5.84. The number of anilines is 1. The van der Waals surface area contributed by atoms with Crippen molar-refractivity contribution in [2.45, 2.75) is 20.8 Å². The number of nitrogens with one attached hydrogen (secondary N) is 1. The average molecular weight is 324 g/mol. The standard InChI is InChI=1S/C18H20N4O2/c1-11-6-5-7-16(12(11)2)24-10-17(23)20-14-8-15-13(3)21-22(4)18(15)19-9-14/h5-9H,10H2,1-4H3,(H,20,23). The number of hydrogen-bond acceptors (Lipinski definition) is 4. The smallest absolute Gasteiger partial charge is 0.262 e. The van der Waals surface area contributed by atoms with Gasteiger partial charge in [-0.3, -0.25) is 9.48 Å². The summed E-state index contributed by atoms with van der Waals surface area (Å²) in [6.45, 7) is 5.86. The van der Waals surface area contributed by atoms with E-state index >= 15 is 0 Å². The zero-order valence-corrected chi connectivity index (χ0v) is 14.3. The Balaban J connectivity index is 1.69. The zero-order valence-electron chi connectivity index (χ0n) is 14.3. The molecule has 1 aromatic carbocycles. The number of ether oxygens (including phenoxy) is 1. The van der Waals surface area contributed by atoms with Gasteiger partial charge in [0, 0.05) is 12.4 Å². The number of aromatic nitrogens is 3. The maximum atomic E-state index is 12.1. The summed E-state index contributed by atoms with van der Waals surface area (Å²) >= 11 is 0. The number of amides is 1. The summed E-state index contributed by atoms with van der Waals surface area (Å²) < 4.78 is 7.34. The van der Waals surface area contributed by atoms with E-state index in [4.69, 9.17) is 4.74 Å². The average Bonchev–Trinajstić information content (AvgIpc) is 2.83. The predicted molar refractivity (Wildman–Crippen MR) is 93.3 cm³/mol. The Morgan fingerprint density at radius 2 is 2.08 bits per heavy atom. The first kappa shape index (κ1) is 16.0. The number of carbonyl (C=O) groups excluding carboxylic acids is 1. The maximum absolute atomic E-state index is 12.1. The number of fused-ring (bicyclic) bond motifs is 1. The number of carbonyl (C=O) groups is 1. The fourth-order valence-electron chi connectivity index (χ4n) is 2.60. The number of rotatable bonds is 4. The van der Waals surface area contributed by atoms with Crippen molar-refractivity contribution in [3.63, 3.8) is 0 Å². The highest BCUT2D eigenvalue weighted by molar-refractivity contribution is 5.94. The highest BCUT2D eigenvalue weighted by atomic mass is 16.5. The molecule has 6 heteroatoms. The second-order valence-corrected chi connectivity index (χ2v) is 5.84. The van der Waals surface area contributed by atoms with Crippen LogP contribution in [-0.2, 0) is 11.8 Å². The Morgan fingerprint density at radius 1 is 1.29 bits per heavy atom. The van der Waals surface area contributed by atoms with Gasteiger partial charge in [0.05, 0.1) is 17.6 Å². The Bertz CT molecular complexity index is 915. The van der Waals surface area contributed by atoms with Crippen LogP contribution in [0.15, 0.2) is 30.5 Å². The molecule has 0 bridgehead atoms. The lowest BCUT2D eigenvalue weighted by atomic mass is 10.1. The Kier molecular flexibility index (Phi) is 4.20. The molecule has 0 spiro atoms. The molecule has 0 saturated carbocycles. The lowest BCUT2D eigenvalue weighted by molar-refractivity contribution is -0.118. The van der Waals surface area contributed by atoms with Crippen LogP contribution >= 0.6 is 0 Å². The summed E-state index contributed by atoms with van der Waals surface area (Å²) in [6.07, 6.45) is 1.62. The van der Waals surface area contributed by atoms with E-state index in [0.29, 0.717) is 5.69 Å². The van der Waals surface area contributed by atoms with Gasteiger partial charge in [-0.25, -0.2) is 4.98 Å². The van der Waals surface area contributed by atoms with E-state index in [2.05, 4.69) is 15.4 Å². The lowest BCUT2D eigenvalue weighted by Gasteiger charge is -2.11. The summed E-state index contributed by atoms with van der Waals surface area (Å²) in [7, 11) is 1.85. The molecular formula is C18H20N4O2. The van der Waals surface area contributed by atoms with E-state index in [9.17, 15) is 4.79 Å². The number of nitrogens with zero attached hydrogens (tertiary/aromatic N) is 3. The first-order valence-corrected chi connectivity index (χ1v) is 7.74. The molecule has 0 saturated heterocycles. The van der Waals surface area contributed by atoms with E-state index in [1.807, 2.05) is 52.1 Å². The first-order valence-electron chi connectivity index (χ1n) is 7.74. The Labute approximate surface area is 140 Å². The first-order chi connectivity index (χ1) is 11.5. The van der Waals surface area contributed by atoms with Gasteiger partial charge in [-0.1, -0.05) is 12.1 Å². The van der Waals surface area contributed by atoms with Gasteiger partial charge < -0.3 is 10.1 Å². The quantitative estimate of drug-likeness (QED) is 0.801. The lowest BCUT2D eigenvalue weighted by Crippen LogP contribution is -2.20. The van der Waals surface area contributed by atoms with Crippen LogP contribution in [0.5, 0.6) is 5.75 Å². The van der Waals surface area contributed by atoms with Crippen LogP contribution in [0.25, 0.3) is 11.0 Å². The van der Waals surface area contributed by atoms with Crippen LogP contribution in [0.1, 0.15) is 16.8 Å². The minimum absolute atomic E-state index is 0.0473. The SMILES string of the molecule is Cc1cccc(OCC(=O)Nc2cnc3c(c2)c(C)nn3C)c1C. The largest absolute Gasteiger partial charge is 0.483 e. The van der Waals surface area contributed by atoms with Gasteiger partial charge in [-0.05, 0) is 44.0 Å². The van der Waals surface area contributed by atoms with Crippen molar-refractivity contribution < 1.29 is 9.53 Å². The van der Waals surface area contributed by atoms with Gasteiger partial charge in [0.1, 0.15) is 5.75 Å². The number of hydrogen-bond donors (Lipinski definition) is 1. The monoisotopic (exact) mass is 324 g/mol. The molecule has 1 amide bonds. The molecule has 0 aliphatic heterocycles. The van der Waals surface area contributed by atoms with Crippen molar-refractivity contribution in [1.82, 2.24) is 14.8 Å². The fourth-order valence-corrected chi connectivity index (χ4v) is 2.60. The third-order valence-electron chi connectivity index (χ3n) is 4.06. The molecular weight excluding hydrogens is 304 g/mol. The van der Waals surface area contributed by atoms with Crippen LogP contribution in [0.4, 0.5) is 5.69 Å². The molecule has 0 aliphatic carbocycles. The second kappa shape index (κ2) is 6.31. The molecule has 0 aliphatic rings. The highest BCUT2D eigenvalue weighted by Gasteiger charge is 2.10. The molecule has 2 aromatic heterocycles. The summed E-state index contributed by atoms with van der Waals surface area (Å²) in [6, 6.07) is 7.67. The molecule has 6 nitrogen and oxygen atoms in total. The van der Waals surface area contributed by atoms with Crippen molar-refractivity contribution in [3.05, 3.63) is 47.3 Å². The molecule has 0 fully saturated rings. The molecule has 3 rings (SSSR count). The van der Waals surface area contributed by atoms with Crippen molar-refractivity contribution >= 4 is 22.6 Å². The Hall–Kier alpha value is -2.89. The summed E-state index contributed by atoms with van der Waals surface area (Å²) in [5.41, 5.74) is 4.47. The normalized spacial score (nSPS) is 10.8. The number of pyridine rings is 1. The highest BCUT2D eigenvalue weighted by Crippen LogP contribution is 2.21. The fraction of sp³-hybridized carbons (Fsp3) is 0.278. The Morgan fingerprint density at radius 3 is 2.88 bits per heavy atom. The van der Waals surface area contributed by atoms with E-state index in [1.54, 1.807) is 10.9 Å². The molecule has 0 atom stereocenters. The summed E-state index contributed by atoms with van der Waals surface area (Å²) in [4.78, 5) is 16.5. The zero-order chi connectivity index (χ0) is 17.3. The molecule has 0 radical (unpaired) electrons. The van der Waals surface area contributed by atoms with Crippen LogP contribution in [0.2, 0.25) is 0 Å². The van der Waals surface area contributed by atoms with E-state index in [0.717, 1.165) is 33.6 Å². The van der Waals surface area contributed by atoms with Crippen LogP contribution in [0.3, 0.4) is 0 Å². The van der Waals surface area contributed by atoms with Gasteiger partial charge in [0.25, 0.3) is 5.91 Å². The van der Waals surface area contributed by atoms with Crippen molar-refractivity contribution in [2.24, 2.45) is 7.05 Å². The minimum atomic E-state index is -0.224. The molecule has 1 N–H and O–H groups in total. The van der Waals surface area contributed by atoms with Crippen molar-refractivity contribution in [2.75, 3.05) is 11.9 Å². The molecule has 124 valence electrons. The van der Waals surface area contributed by atoms with Crippen molar-refractivity contribution in [3.8, 4) is 5.75 Å². The third-order valence-corrected chi connectivity index (χ3v) is 4.06. The van der Waals surface area contributed by atoms with Gasteiger partial charge >= 0.3 is 0 Å². The minimum Gasteiger partial charge on any atom is -0.483 e. The van der Waals surface area contributed by atoms with Crippen molar-refractivity contribution in [1.29, 1.82) is 0 Å². The van der Waals surface area contributed by atoms with Gasteiger partial charge in [0.15, 0.2) is 12.3 Å². The summed E-state index contributed by atoms with van der Waals surface area (Å²) in [5.74, 6) is 0.500. The predicted octanol–water partition coefficient (Wildman–Crippen LogP) is 2.91. The van der Waals surface area contributed by atoms with Crippen LogP contribution in [-0.4, -0.2) is 27.3 Å². The van der Waals surface area contributed by atoms with E-state index in [1.165, 1.54) is 0 Å². The molecule has 2 heterocycles. The van der Waals surface area contributed by atoms with Crippen LogP contribution < -0.4 is 10.1 Å². The maximum Gasteiger partial charge on any atom is 0.262 e. The topological polar surface area (TPSA) is 69.0 Å².